The van der Waals surface area contributed by atoms with Crippen LogP contribution in [0.5, 0.6) is 5.75 Å². The van der Waals surface area contributed by atoms with Gasteiger partial charge in [0.25, 0.3) is 0 Å². The molecular weight excluding hydrogens is 330 g/mol. The summed E-state index contributed by atoms with van der Waals surface area (Å²) in [5.41, 5.74) is 6.19. The average molecular weight is 342 g/mol. The van der Waals surface area contributed by atoms with E-state index in [0.29, 0.717) is 0 Å². The number of hydrogen-bond acceptors (Lipinski definition) is 3. The maximum Gasteiger partial charge on any atom is 0.461 e. The highest BCUT2D eigenvalue weighted by Gasteiger charge is 2.44. The molecule has 2 aromatic rings. The molecule has 0 fully saturated rings. The third-order valence-corrected chi connectivity index (χ3v) is 3.56. The zero-order valence-corrected chi connectivity index (χ0v) is 12.1. The fraction of sp³-hybridized carbons (Fsp3) is 0.231. The first-order valence-electron chi connectivity index (χ1n) is 5.64. The molecule has 0 amide bonds. The van der Waals surface area contributed by atoms with Crippen LogP contribution >= 0.6 is 23.7 Å². The molecular formula is C13H12ClF4NOS. The first kappa shape index (κ1) is 17.7. The van der Waals surface area contributed by atoms with Gasteiger partial charge in [-0.1, -0.05) is 24.3 Å². The van der Waals surface area contributed by atoms with Crippen LogP contribution in [0.15, 0.2) is 41.8 Å². The summed E-state index contributed by atoms with van der Waals surface area (Å²) in [6.07, 6.45) is -8.46. The standard InChI is InChI=1S/C13H11F4NOS.ClH/c14-12(15)13(16,17)19-9-5-2-1-4-8(9)11(18)10-6-3-7-20-10;/h1-7,11-12H,18H2;1H/t11-;/m0./s1. The molecule has 0 unspecified atom stereocenters. The van der Waals surface area contributed by atoms with Crippen molar-refractivity contribution in [2.24, 2.45) is 5.73 Å². The molecule has 1 aromatic heterocycles. The van der Waals surface area contributed by atoms with E-state index in [1.54, 1.807) is 23.6 Å². The van der Waals surface area contributed by atoms with E-state index in [4.69, 9.17) is 5.73 Å². The predicted octanol–water partition coefficient (Wildman–Crippen LogP) is 4.45. The Morgan fingerprint density at radius 2 is 1.76 bits per heavy atom. The lowest BCUT2D eigenvalue weighted by atomic mass is 10.1. The normalized spacial score (nSPS) is 12.9. The van der Waals surface area contributed by atoms with Crippen LogP contribution in [0.4, 0.5) is 17.6 Å². The van der Waals surface area contributed by atoms with Gasteiger partial charge in [-0.2, -0.15) is 17.6 Å². The van der Waals surface area contributed by atoms with Crippen LogP contribution in [0, 0.1) is 0 Å². The molecule has 0 bridgehead atoms. The van der Waals surface area contributed by atoms with Crippen LogP contribution < -0.4 is 10.5 Å². The molecule has 0 saturated heterocycles. The molecule has 116 valence electrons. The van der Waals surface area contributed by atoms with Crippen LogP contribution in [-0.4, -0.2) is 12.5 Å². The number of thiophene rings is 1. The Bertz CT molecular complexity index is 565. The number of ether oxygens (including phenoxy) is 1. The van der Waals surface area contributed by atoms with E-state index in [0.717, 1.165) is 4.88 Å². The third-order valence-electron chi connectivity index (χ3n) is 2.60. The SMILES string of the molecule is Cl.N[C@H](c1cccs1)c1ccccc1OC(F)(F)C(F)F. The summed E-state index contributed by atoms with van der Waals surface area (Å²) >= 11 is 1.34. The second-order valence-electron chi connectivity index (χ2n) is 4.00. The first-order valence-corrected chi connectivity index (χ1v) is 6.52. The molecule has 2 rings (SSSR count). The minimum Gasteiger partial charge on any atom is -0.428 e. The van der Waals surface area contributed by atoms with Crippen LogP contribution in [0.1, 0.15) is 16.5 Å². The molecule has 0 radical (unpaired) electrons. The molecule has 1 heterocycles. The van der Waals surface area contributed by atoms with Crippen LogP contribution in [0.25, 0.3) is 0 Å². The Labute approximate surface area is 128 Å². The number of halogens is 5. The highest BCUT2D eigenvalue weighted by molar-refractivity contribution is 7.10. The van der Waals surface area contributed by atoms with Gasteiger partial charge in [-0.15, -0.1) is 23.7 Å². The van der Waals surface area contributed by atoms with Gasteiger partial charge in [0, 0.05) is 10.4 Å². The molecule has 21 heavy (non-hydrogen) atoms. The fourth-order valence-electron chi connectivity index (χ4n) is 1.64. The average Bonchev–Trinajstić information content (AvgIpc) is 2.92. The molecule has 0 spiro atoms. The minimum absolute atomic E-state index is 0. The molecule has 1 aromatic carbocycles. The number of benzene rings is 1. The number of alkyl halides is 4. The maximum absolute atomic E-state index is 13.0. The highest BCUT2D eigenvalue weighted by atomic mass is 35.5. The van der Waals surface area contributed by atoms with Crippen LogP contribution in [0.3, 0.4) is 0 Å². The van der Waals surface area contributed by atoms with Gasteiger partial charge < -0.3 is 10.5 Å². The van der Waals surface area contributed by atoms with Crippen molar-refractivity contribution in [3.8, 4) is 5.75 Å². The molecule has 2 nitrogen and oxygen atoms in total. The Balaban J connectivity index is 0.00000220. The molecule has 0 saturated carbocycles. The van der Waals surface area contributed by atoms with Crippen LogP contribution in [0.2, 0.25) is 0 Å². The molecule has 1 atom stereocenters. The number of hydrogen-bond donors (Lipinski definition) is 1. The van der Waals surface area contributed by atoms with E-state index >= 15 is 0 Å². The van der Waals surface area contributed by atoms with Gasteiger partial charge in [-0.3, -0.25) is 0 Å². The van der Waals surface area contributed by atoms with Crippen molar-refractivity contribution in [2.45, 2.75) is 18.6 Å². The largest absolute Gasteiger partial charge is 0.461 e. The number of nitrogens with two attached hydrogens (primary N) is 1. The number of rotatable bonds is 5. The topological polar surface area (TPSA) is 35.2 Å². The van der Waals surface area contributed by atoms with Crippen molar-refractivity contribution >= 4 is 23.7 Å². The Hall–Kier alpha value is -1.31. The zero-order chi connectivity index (χ0) is 14.8. The lowest BCUT2D eigenvalue weighted by Gasteiger charge is -2.21. The summed E-state index contributed by atoms with van der Waals surface area (Å²) in [5, 5.41) is 1.78. The molecule has 0 aliphatic heterocycles. The van der Waals surface area contributed by atoms with Crippen molar-refractivity contribution in [2.75, 3.05) is 0 Å². The molecule has 8 heteroatoms. The summed E-state index contributed by atoms with van der Waals surface area (Å²) in [7, 11) is 0. The van der Waals surface area contributed by atoms with Crippen molar-refractivity contribution in [1.82, 2.24) is 0 Å². The molecule has 0 aliphatic rings. The minimum atomic E-state index is -4.55. The smallest absolute Gasteiger partial charge is 0.428 e. The highest BCUT2D eigenvalue weighted by Crippen LogP contribution is 2.34. The van der Waals surface area contributed by atoms with E-state index in [2.05, 4.69) is 4.74 Å². The van der Waals surface area contributed by atoms with Gasteiger partial charge in [0.05, 0.1) is 6.04 Å². The third kappa shape index (κ3) is 4.09. The van der Waals surface area contributed by atoms with Gasteiger partial charge >= 0.3 is 12.5 Å². The van der Waals surface area contributed by atoms with Gasteiger partial charge in [-0.05, 0) is 17.5 Å². The van der Waals surface area contributed by atoms with Gasteiger partial charge in [0.2, 0.25) is 0 Å². The number of para-hydroxylation sites is 1. The van der Waals surface area contributed by atoms with Crippen molar-refractivity contribution in [3.05, 3.63) is 52.2 Å². The Morgan fingerprint density at radius 3 is 2.33 bits per heavy atom. The summed E-state index contributed by atoms with van der Waals surface area (Å²) in [4.78, 5) is 0.724. The maximum atomic E-state index is 13.0. The van der Waals surface area contributed by atoms with E-state index in [1.807, 2.05) is 0 Å². The van der Waals surface area contributed by atoms with E-state index in [1.165, 1.54) is 29.5 Å². The monoisotopic (exact) mass is 341 g/mol. The van der Waals surface area contributed by atoms with E-state index in [9.17, 15) is 17.6 Å². The van der Waals surface area contributed by atoms with Gasteiger partial charge in [0.15, 0.2) is 0 Å². The summed E-state index contributed by atoms with van der Waals surface area (Å²) in [5.74, 6) is -0.348. The second-order valence-corrected chi connectivity index (χ2v) is 4.97. The summed E-state index contributed by atoms with van der Waals surface area (Å²) in [6, 6.07) is 8.45. The Morgan fingerprint density at radius 1 is 1.10 bits per heavy atom. The summed E-state index contributed by atoms with van der Waals surface area (Å²) in [6.45, 7) is 0. The van der Waals surface area contributed by atoms with Crippen LogP contribution in [-0.2, 0) is 0 Å². The lowest BCUT2D eigenvalue weighted by molar-refractivity contribution is -0.253. The predicted molar refractivity (Wildman–Crippen MR) is 75.6 cm³/mol. The first-order chi connectivity index (χ1) is 9.42. The zero-order valence-electron chi connectivity index (χ0n) is 10.5. The van der Waals surface area contributed by atoms with Gasteiger partial charge in [0.1, 0.15) is 5.75 Å². The Kier molecular flexibility index (Phi) is 6.00. The quantitative estimate of drug-likeness (QED) is 0.815. The lowest BCUT2D eigenvalue weighted by Crippen LogP contribution is -2.34. The molecule has 2 N–H and O–H groups in total. The van der Waals surface area contributed by atoms with E-state index < -0.39 is 18.6 Å². The van der Waals surface area contributed by atoms with E-state index in [-0.39, 0.29) is 23.7 Å². The van der Waals surface area contributed by atoms with Crippen molar-refractivity contribution in [3.63, 3.8) is 0 Å². The van der Waals surface area contributed by atoms with Crippen molar-refractivity contribution < 1.29 is 22.3 Å². The summed E-state index contributed by atoms with van der Waals surface area (Å²) < 4.78 is 54.6. The fourth-order valence-corrected chi connectivity index (χ4v) is 2.39. The molecule has 0 aliphatic carbocycles. The van der Waals surface area contributed by atoms with Crippen molar-refractivity contribution in [1.29, 1.82) is 0 Å². The van der Waals surface area contributed by atoms with Gasteiger partial charge in [-0.25, -0.2) is 0 Å². The second kappa shape index (κ2) is 7.11.